The lowest BCUT2D eigenvalue weighted by atomic mass is 9.60. The van der Waals surface area contributed by atoms with Gasteiger partial charge in [0.05, 0.1) is 11.0 Å². The predicted octanol–water partition coefficient (Wildman–Crippen LogP) is 4.30. The van der Waals surface area contributed by atoms with Gasteiger partial charge in [0, 0.05) is 30.2 Å². The average Bonchev–Trinajstić information content (AvgIpc) is 2.75. The van der Waals surface area contributed by atoms with E-state index in [9.17, 15) is 9.18 Å². The predicted molar refractivity (Wildman–Crippen MR) is 124 cm³/mol. The third-order valence-corrected chi connectivity index (χ3v) is 6.53. The molecular weight excluding hydrogens is 415 g/mol. The van der Waals surface area contributed by atoms with Crippen LogP contribution in [0.5, 0.6) is 0 Å². The van der Waals surface area contributed by atoms with E-state index in [-0.39, 0.29) is 24.6 Å². The maximum Gasteiger partial charge on any atom is 0.407 e. The molecule has 1 saturated heterocycles. The lowest BCUT2D eigenvalue weighted by Gasteiger charge is -2.52. The Balaban J connectivity index is 1.24. The Labute approximate surface area is 186 Å². The van der Waals surface area contributed by atoms with E-state index in [1.807, 2.05) is 25.1 Å². The molecule has 164 valence electrons. The lowest BCUT2D eigenvalue weighted by Crippen LogP contribution is -2.55. The van der Waals surface area contributed by atoms with Crippen molar-refractivity contribution in [3.8, 4) is 0 Å². The molecule has 1 saturated carbocycles. The highest BCUT2D eigenvalue weighted by molar-refractivity contribution is 7.78. The summed E-state index contributed by atoms with van der Waals surface area (Å²) < 4.78 is 18.6. The minimum absolute atomic E-state index is 0.167. The maximum atomic E-state index is 13.4. The Morgan fingerprint density at radius 3 is 2.81 bits per heavy atom. The smallest absolute Gasteiger partial charge is 0.407 e. The van der Waals surface area contributed by atoms with Gasteiger partial charge in [0.25, 0.3) is 0 Å². The van der Waals surface area contributed by atoms with Crippen LogP contribution in [0.1, 0.15) is 32.6 Å². The molecule has 1 aromatic heterocycles. The summed E-state index contributed by atoms with van der Waals surface area (Å²) in [5.41, 5.74) is 3.26. The summed E-state index contributed by atoms with van der Waals surface area (Å²) in [4.78, 5) is 19.0. The fourth-order valence-corrected chi connectivity index (χ4v) is 4.75. The van der Waals surface area contributed by atoms with Gasteiger partial charge in [-0.3, -0.25) is 0 Å². The van der Waals surface area contributed by atoms with Crippen LogP contribution in [0.2, 0.25) is 0 Å². The van der Waals surface area contributed by atoms with Crippen LogP contribution in [0.3, 0.4) is 0 Å². The second-order valence-electron chi connectivity index (χ2n) is 8.40. The highest BCUT2D eigenvalue weighted by Gasteiger charge is 2.46. The van der Waals surface area contributed by atoms with Crippen molar-refractivity contribution in [2.24, 2.45) is 5.41 Å². The molecule has 6 nitrogen and oxygen atoms in total. The first kappa shape index (κ1) is 21.5. The normalized spacial score (nSPS) is 18.5. The van der Waals surface area contributed by atoms with Gasteiger partial charge in [-0.1, -0.05) is 18.3 Å². The average molecular weight is 443 g/mol. The minimum atomic E-state index is -0.389. The van der Waals surface area contributed by atoms with Gasteiger partial charge in [0.2, 0.25) is 0 Å². The number of pyridine rings is 1. The molecule has 1 aliphatic heterocycles. The van der Waals surface area contributed by atoms with E-state index in [4.69, 9.17) is 21.9 Å². The fraction of sp³-hybridized carbons (Fsp3) is 0.435. The van der Waals surface area contributed by atoms with Crippen LogP contribution in [0.15, 0.2) is 42.1 Å². The highest BCUT2D eigenvalue weighted by Crippen LogP contribution is 2.49. The number of anilines is 1. The van der Waals surface area contributed by atoms with E-state index in [1.165, 1.54) is 17.6 Å². The lowest BCUT2D eigenvalue weighted by molar-refractivity contribution is 0.0490. The van der Waals surface area contributed by atoms with E-state index >= 15 is 0 Å². The van der Waals surface area contributed by atoms with Crippen LogP contribution in [0, 0.1) is 11.2 Å². The second kappa shape index (κ2) is 9.18. The zero-order valence-electron chi connectivity index (χ0n) is 17.6. The van der Waals surface area contributed by atoms with Crippen LogP contribution >= 0.6 is 12.2 Å². The fourth-order valence-electron chi connectivity index (χ4n) is 4.60. The van der Waals surface area contributed by atoms with Crippen molar-refractivity contribution in [1.29, 1.82) is 0 Å². The molecule has 0 unspecified atom stereocenters. The number of allylic oxidation sites excluding steroid dienone is 1. The molecule has 2 fully saturated rings. The van der Waals surface area contributed by atoms with Gasteiger partial charge in [0.1, 0.15) is 18.2 Å². The van der Waals surface area contributed by atoms with Crippen LogP contribution < -0.4 is 15.5 Å². The van der Waals surface area contributed by atoms with E-state index < -0.39 is 0 Å². The number of carbonyl (C=O) groups is 1. The number of amides is 1. The molecule has 1 aliphatic carbocycles. The summed E-state index contributed by atoms with van der Waals surface area (Å²) in [5, 5.41) is 6.65. The number of alkyl carbamates (subject to hydrolysis) is 1. The number of aromatic nitrogens is 1. The van der Waals surface area contributed by atoms with Gasteiger partial charge in [-0.25, -0.2) is 14.2 Å². The van der Waals surface area contributed by atoms with Gasteiger partial charge >= 0.3 is 6.09 Å². The first-order valence-corrected chi connectivity index (χ1v) is 11.1. The van der Waals surface area contributed by atoms with Crippen molar-refractivity contribution in [2.75, 3.05) is 24.6 Å². The van der Waals surface area contributed by atoms with Gasteiger partial charge < -0.3 is 20.3 Å². The third kappa shape index (κ3) is 4.95. The number of hydrogen-bond acceptors (Lipinski definition) is 5. The Bertz CT molecular complexity index is 996. The van der Waals surface area contributed by atoms with Gasteiger partial charge in [-0.15, -0.1) is 0 Å². The summed E-state index contributed by atoms with van der Waals surface area (Å²) in [6, 6.07) is 8.76. The highest BCUT2D eigenvalue weighted by atomic mass is 32.1. The van der Waals surface area contributed by atoms with Crippen LogP contribution in [0.4, 0.5) is 15.0 Å². The largest absolute Gasteiger partial charge is 0.443 e. The monoisotopic (exact) mass is 442 g/mol. The summed E-state index contributed by atoms with van der Waals surface area (Å²) in [6.45, 7) is 3.90. The number of carbonyl (C=O) groups excluding carboxylic acids is 1. The van der Waals surface area contributed by atoms with Gasteiger partial charge in [-0.2, -0.15) is 0 Å². The van der Waals surface area contributed by atoms with Gasteiger partial charge in [0.15, 0.2) is 0 Å². The number of nitrogens with one attached hydrogen (secondary N) is 2. The Morgan fingerprint density at radius 2 is 2.10 bits per heavy atom. The van der Waals surface area contributed by atoms with Crippen molar-refractivity contribution in [2.45, 2.75) is 38.6 Å². The molecule has 0 bridgehead atoms. The number of halogens is 1. The van der Waals surface area contributed by atoms with E-state index in [1.54, 1.807) is 6.07 Å². The SMILES string of the molecule is C/C=C(/COC(=O)NC1CC2(CCN(c3ccc4cc(F)ccc4n3)CC2)C1)NC=S. The number of piperidine rings is 1. The van der Waals surface area contributed by atoms with Crippen LogP contribution in [-0.2, 0) is 4.74 Å². The Morgan fingerprint density at radius 1 is 1.32 bits per heavy atom. The molecule has 0 atom stereocenters. The zero-order chi connectivity index (χ0) is 21.8. The molecule has 1 amide bonds. The van der Waals surface area contributed by atoms with Crippen molar-refractivity contribution < 1.29 is 13.9 Å². The quantitative estimate of drug-likeness (QED) is 0.651. The number of nitrogens with zero attached hydrogens (tertiary/aromatic N) is 2. The molecule has 1 aromatic carbocycles. The third-order valence-electron chi connectivity index (χ3n) is 6.42. The molecule has 1 spiro atoms. The van der Waals surface area contributed by atoms with Crippen molar-refractivity contribution >= 4 is 40.5 Å². The number of hydrogen-bond donors (Lipinski definition) is 2. The molecule has 8 heteroatoms. The zero-order valence-corrected chi connectivity index (χ0v) is 18.4. The Kier molecular flexibility index (Phi) is 6.36. The van der Waals surface area contributed by atoms with Crippen LogP contribution in [0.25, 0.3) is 10.9 Å². The van der Waals surface area contributed by atoms with Crippen LogP contribution in [-0.4, -0.2) is 42.3 Å². The molecule has 31 heavy (non-hydrogen) atoms. The van der Waals surface area contributed by atoms with E-state index in [0.29, 0.717) is 5.41 Å². The van der Waals surface area contributed by atoms with Gasteiger partial charge in [-0.05, 0) is 68.4 Å². The Hall–Kier alpha value is -2.74. The number of benzene rings is 1. The topological polar surface area (TPSA) is 66.5 Å². The standard InChI is InChI=1S/C23H27FN4O2S/c1-2-18(25-15-31)14-30-22(29)26-19-12-23(13-19)7-9-28(10-8-23)21-6-3-16-11-17(24)4-5-20(16)27-21/h2-6,11,15,19H,7-10,12-14H2,1H3,(H,25,31)(H,26,29)/b18-2-. The first-order valence-electron chi connectivity index (χ1n) is 10.6. The molecule has 4 rings (SSSR count). The molecule has 2 aromatic rings. The summed E-state index contributed by atoms with van der Waals surface area (Å²) in [5.74, 6) is 0.698. The van der Waals surface area contributed by atoms with Crippen molar-refractivity contribution in [3.05, 3.63) is 47.9 Å². The molecule has 2 heterocycles. The number of thiocarbonyl (C=S) groups is 1. The summed E-state index contributed by atoms with van der Waals surface area (Å²) in [6.07, 6.45) is 5.55. The second-order valence-corrected chi connectivity index (χ2v) is 8.63. The molecule has 0 radical (unpaired) electrons. The maximum absolute atomic E-state index is 13.4. The summed E-state index contributed by atoms with van der Waals surface area (Å²) in [7, 11) is 0. The molecule has 2 N–H and O–H groups in total. The number of ether oxygens (including phenoxy) is 1. The number of rotatable bonds is 6. The summed E-state index contributed by atoms with van der Waals surface area (Å²) >= 11 is 4.75. The van der Waals surface area contributed by atoms with E-state index in [0.717, 1.165) is 61.2 Å². The van der Waals surface area contributed by atoms with Crippen molar-refractivity contribution in [1.82, 2.24) is 15.6 Å². The minimum Gasteiger partial charge on any atom is -0.443 e. The molecule has 2 aliphatic rings. The number of fused-ring (bicyclic) bond motifs is 1. The van der Waals surface area contributed by atoms with Crippen molar-refractivity contribution in [3.63, 3.8) is 0 Å². The first-order chi connectivity index (χ1) is 15.0. The molecular formula is C23H27FN4O2S. The van der Waals surface area contributed by atoms with E-state index in [2.05, 4.69) is 15.5 Å².